The lowest BCUT2D eigenvalue weighted by molar-refractivity contribution is -0.139. The molecule has 6 nitrogen and oxygen atoms in total. The highest BCUT2D eigenvalue weighted by Gasteiger charge is 2.13. The summed E-state index contributed by atoms with van der Waals surface area (Å²) < 4.78 is 4.48. The molecule has 3 aromatic carbocycles. The van der Waals surface area contributed by atoms with Gasteiger partial charge in [0.05, 0.1) is 7.11 Å². The number of nitrogens with one attached hydrogen (secondary N) is 2. The number of esters is 1. The first-order valence-electron chi connectivity index (χ1n) is 8.99. The Balaban J connectivity index is 1.71. The largest absolute Gasteiger partial charge is 0.468 e. The molecular formula is C23H20N2O4. The summed E-state index contributed by atoms with van der Waals surface area (Å²) in [5.74, 6) is -1.17. The van der Waals surface area contributed by atoms with Crippen LogP contribution in [0, 0.1) is 0 Å². The standard InChI is InChI=1S/C23H20N2O4/c1-29-21(26)15-24-22(27)17-11-13-18(14-12-17)25-23(28)20-10-6-5-9-19(20)16-7-3-2-4-8-16/h2-14H,15H2,1H3,(H,24,27)(H,25,28). The number of carbonyl (C=O) groups is 3. The average Bonchev–Trinajstić information content (AvgIpc) is 2.78. The van der Waals surface area contributed by atoms with Gasteiger partial charge in [0.2, 0.25) is 0 Å². The van der Waals surface area contributed by atoms with Gasteiger partial charge in [-0.15, -0.1) is 0 Å². The van der Waals surface area contributed by atoms with Crippen LogP contribution in [0.1, 0.15) is 20.7 Å². The van der Waals surface area contributed by atoms with Crippen LogP contribution >= 0.6 is 0 Å². The fourth-order valence-electron chi connectivity index (χ4n) is 2.78. The van der Waals surface area contributed by atoms with Gasteiger partial charge in [-0.2, -0.15) is 0 Å². The number of hydrogen-bond acceptors (Lipinski definition) is 4. The third-order valence-electron chi connectivity index (χ3n) is 4.28. The van der Waals surface area contributed by atoms with E-state index < -0.39 is 11.9 Å². The van der Waals surface area contributed by atoms with Crippen LogP contribution in [0.5, 0.6) is 0 Å². The topological polar surface area (TPSA) is 84.5 Å². The zero-order chi connectivity index (χ0) is 20.6. The third-order valence-corrected chi connectivity index (χ3v) is 4.28. The van der Waals surface area contributed by atoms with Gasteiger partial charge in [0, 0.05) is 16.8 Å². The molecule has 0 aliphatic rings. The fraction of sp³-hybridized carbons (Fsp3) is 0.0870. The van der Waals surface area contributed by atoms with Crippen molar-refractivity contribution in [2.24, 2.45) is 0 Å². The Morgan fingerprint density at radius 1 is 0.793 bits per heavy atom. The Morgan fingerprint density at radius 2 is 1.45 bits per heavy atom. The van der Waals surface area contributed by atoms with Gasteiger partial charge in [-0.25, -0.2) is 0 Å². The molecule has 0 aliphatic heterocycles. The summed E-state index contributed by atoms with van der Waals surface area (Å²) in [6.45, 7) is -0.204. The van der Waals surface area contributed by atoms with Crippen LogP contribution < -0.4 is 10.6 Å². The summed E-state index contributed by atoms with van der Waals surface area (Å²) >= 11 is 0. The lowest BCUT2D eigenvalue weighted by atomic mass is 9.99. The number of rotatable bonds is 6. The Hall–Kier alpha value is -3.93. The minimum atomic E-state index is -0.528. The number of anilines is 1. The van der Waals surface area contributed by atoms with E-state index in [0.717, 1.165) is 11.1 Å². The van der Waals surface area contributed by atoms with Crippen LogP contribution in [-0.4, -0.2) is 31.4 Å². The molecule has 0 fully saturated rings. The lowest BCUT2D eigenvalue weighted by Crippen LogP contribution is -2.30. The number of hydrogen-bond donors (Lipinski definition) is 2. The van der Waals surface area contributed by atoms with Crippen molar-refractivity contribution in [1.82, 2.24) is 5.32 Å². The first-order chi connectivity index (χ1) is 14.1. The van der Waals surface area contributed by atoms with E-state index in [1.807, 2.05) is 48.5 Å². The molecule has 0 radical (unpaired) electrons. The second-order valence-corrected chi connectivity index (χ2v) is 6.20. The predicted octanol–water partition coefficient (Wildman–Crippen LogP) is 3.51. The van der Waals surface area contributed by atoms with Crippen LogP contribution in [0.3, 0.4) is 0 Å². The summed E-state index contributed by atoms with van der Waals surface area (Å²) in [4.78, 5) is 35.9. The number of carbonyl (C=O) groups excluding carboxylic acids is 3. The van der Waals surface area contributed by atoms with E-state index in [-0.39, 0.29) is 12.5 Å². The highest BCUT2D eigenvalue weighted by Crippen LogP contribution is 2.24. The van der Waals surface area contributed by atoms with Gasteiger partial charge in [0.25, 0.3) is 11.8 Å². The minimum Gasteiger partial charge on any atom is -0.468 e. The molecule has 0 atom stereocenters. The quantitative estimate of drug-likeness (QED) is 0.633. The molecule has 2 N–H and O–H groups in total. The van der Waals surface area contributed by atoms with Crippen molar-refractivity contribution in [1.29, 1.82) is 0 Å². The molecule has 0 saturated heterocycles. The van der Waals surface area contributed by atoms with Gasteiger partial charge in [0.1, 0.15) is 6.54 Å². The van der Waals surface area contributed by atoms with Gasteiger partial charge in [-0.3, -0.25) is 14.4 Å². The molecule has 3 rings (SSSR count). The van der Waals surface area contributed by atoms with Crippen molar-refractivity contribution in [3.8, 4) is 11.1 Å². The van der Waals surface area contributed by atoms with Crippen LogP contribution in [0.25, 0.3) is 11.1 Å². The van der Waals surface area contributed by atoms with E-state index in [0.29, 0.717) is 16.8 Å². The lowest BCUT2D eigenvalue weighted by Gasteiger charge is -2.11. The average molecular weight is 388 g/mol. The minimum absolute atomic E-state index is 0.204. The van der Waals surface area contributed by atoms with Crippen molar-refractivity contribution in [2.75, 3.05) is 19.0 Å². The van der Waals surface area contributed by atoms with Crippen molar-refractivity contribution in [3.63, 3.8) is 0 Å². The van der Waals surface area contributed by atoms with E-state index >= 15 is 0 Å². The predicted molar refractivity (Wildman–Crippen MR) is 111 cm³/mol. The Bertz CT molecular complexity index is 1010. The van der Waals surface area contributed by atoms with Gasteiger partial charge in [-0.05, 0) is 41.5 Å². The number of ether oxygens (including phenoxy) is 1. The zero-order valence-electron chi connectivity index (χ0n) is 15.8. The zero-order valence-corrected chi connectivity index (χ0v) is 15.8. The smallest absolute Gasteiger partial charge is 0.325 e. The Kier molecular flexibility index (Phi) is 6.37. The van der Waals surface area contributed by atoms with Gasteiger partial charge < -0.3 is 15.4 Å². The van der Waals surface area contributed by atoms with Crippen LogP contribution in [-0.2, 0) is 9.53 Å². The molecule has 6 heteroatoms. The maximum absolute atomic E-state index is 12.8. The number of amides is 2. The van der Waals surface area contributed by atoms with Crippen LogP contribution in [0.15, 0.2) is 78.9 Å². The van der Waals surface area contributed by atoms with E-state index in [1.54, 1.807) is 30.3 Å². The normalized spacial score (nSPS) is 10.1. The van der Waals surface area contributed by atoms with Gasteiger partial charge >= 0.3 is 5.97 Å². The maximum Gasteiger partial charge on any atom is 0.325 e. The molecule has 0 saturated carbocycles. The molecule has 29 heavy (non-hydrogen) atoms. The third kappa shape index (κ3) is 5.07. The van der Waals surface area contributed by atoms with Crippen molar-refractivity contribution in [2.45, 2.75) is 0 Å². The molecule has 3 aromatic rings. The molecular weight excluding hydrogens is 368 g/mol. The summed E-state index contributed by atoms with van der Waals surface area (Å²) in [5, 5.41) is 5.31. The maximum atomic E-state index is 12.8. The molecule has 0 aliphatic carbocycles. The molecule has 146 valence electrons. The molecule has 0 heterocycles. The van der Waals surface area contributed by atoms with E-state index in [1.165, 1.54) is 7.11 Å². The molecule has 0 aromatic heterocycles. The van der Waals surface area contributed by atoms with Crippen molar-refractivity contribution < 1.29 is 19.1 Å². The van der Waals surface area contributed by atoms with Gasteiger partial charge in [0.15, 0.2) is 0 Å². The monoisotopic (exact) mass is 388 g/mol. The molecule has 2 amide bonds. The van der Waals surface area contributed by atoms with Crippen LogP contribution in [0.2, 0.25) is 0 Å². The summed E-state index contributed by atoms with van der Waals surface area (Å²) in [7, 11) is 1.25. The summed E-state index contributed by atoms with van der Waals surface area (Å²) in [6.07, 6.45) is 0. The van der Waals surface area contributed by atoms with E-state index in [2.05, 4.69) is 15.4 Å². The first kappa shape index (κ1) is 19.8. The highest BCUT2D eigenvalue weighted by molar-refractivity contribution is 6.09. The summed E-state index contributed by atoms with van der Waals surface area (Å²) in [5.41, 5.74) is 3.28. The van der Waals surface area contributed by atoms with E-state index in [9.17, 15) is 14.4 Å². The first-order valence-corrected chi connectivity index (χ1v) is 8.99. The molecule has 0 bridgehead atoms. The second-order valence-electron chi connectivity index (χ2n) is 6.20. The van der Waals surface area contributed by atoms with Crippen LogP contribution in [0.4, 0.5) is 5.69 Å². The summed E-state index contributed by atoms with van der Waals surface area (Å²) in [6, 6.07) is 23.5. The van der Waals surface area contributed by atoms with Crippen molar-refractivity contribution >= 4 is 23.5 Å². The van der Waals surface area contributed by atoms with Crippen molar-refractivity contribution in [3.05, 3.63) is 90.0 Å². The van der Waals surface area contributed by atoms with E-state index in [4.69, 9.17) is 0 Å². The molecule has 0 unspecified atom stereocenters. The Labute approximate surface area is 168 Å². The van der Waals surface area contributed by atoms with Gasteiger partial charge in [-0.1, -0.05) is 48.5 Å². The number of methoxy groups -OCH3 is 1. The SMILES string of the molecule is COC(=O)CNC(=O)c1ccc(NC(=O)c2ccccc2-c2ccccc2)cc1. The fourth-order valence-corrected chi connectivity index (χ4v) is 2.78. The number of benzene rings is 3. The second kappa shape index (κ2) is 9.32. The molecule has 0 spiro atoms. The highest BCUT2D eigenvalue weighted by atomic mass is 16.5. The Morgan fingerprint density at radius 3 is 2.14 bits per heavy atom.